The zero-order valence-corrected chi connectivity index (χ0v) is 11.3. The summed E-state index contributed by atoms with van der Waals surface area (Å²) in [4.78, 5) is 4.72. The highest BCUT2D eigenvalue weighted by Crippen LogP contribution is 2.20. The molecule has 0 amide bonds. The van der Waals surface area contributed by atoms with Crippen molar-refractivity contribution in [3.8, 4) is 0 Å². The van der Waals surface area contributed by atoms with E-state index in [2.05, 4.69) is 5.43 Å². The molecule has 1 aliphatic carbocycles. The molecule has 0 aliphatic heterocycles. The van der Waals surface area contributed by atoms with Crippen molar-refractivity contribution < 1.29 is 0 Å². The van der Waals surface area contributed by atoms with Gasteiger partial charge in [-0.1, -0.05) is 43.0 Å². The lowest BCUT2D eigenvalue weighted by Gasteiger charge is -2.19. The molecule has 18 heavy (non-hydrogen) atoms. The maximum atomic E-state index is 5.87. The van der Waals surface area contributed by atoms with E-state index in [1.54, 1.807) is 0 Å². The van der Waals surface area contributed by atoms with Gasteiger partial charge in [-0.15, -0.1) is 0 Å². The molecule has 0 aromatic heterocycles. The molecule has 0 radical (unpaired) electrons. The van der Waals surface area contributed by atoms with Crippen molar-refractivity contribution in [3.63, 3.8) is 0 Å². The van der Waals surface area contributed by atoms with Crippen LogP contribution in [0.25, 0.3) is 0 Å². The predicted molar refractivity (Wildman–Crippen MR) is 76.8 cm³/mol. The van der Waals surface area contributed by atoms with Crippen LogP contribution in [0.1, 0.15) is 37.7 Å². The standard InChI is InChI=1S/C14H20ClN3/c15-12-8-6-11(7-9-12)10-14(18-16)17-13-4-2-1-3-5-13/h6-9,13H,1-5,10,16H2,(H,17,18). The first kappa shape index (κ1) is 13.4. The van der Waals surface area contributed by atoms with E-state index in [0.29, 0.717) is 6.04 Å². The van der Waals surface area contributed by atoms with Crippen LogP contribution in [-0.4, -0.2) is 11.9 Å². The molecule has 1 saturated carbocycles. The average molecular weight is 266 g/mol. The number of aliphatic imine (C=N–C) groups is 1. The Morgan fingerprint density at radius 2 is 1.89 bits per heavy atom. The Bertz CT molecular complexity index is 394. The highest BCUT2D eigenvalue weighted by Gasteiger charge is 2.13. The van der Waals surface area contributed by atoms with Gasteiger partial charge in [0.1, 0.15) is 5.84 Å². The van der Waals surface area contributed by atoms with Crippen molar-refractivity contribution in [2.24, 2.45) is 10.8 Å². The van der Waals surface area contributed by atoms with Crippen molar-refractivity contribution in [2.75, 3.05) is 0 Å². The van der Waals surface area contributed by atoms with Gasteiger partial charge in [0.15, 0.2) is 0 Å². The number of nitrogens with two attached hydrogens (primary N) is 1. The highest BCUT2D eigenvalue weighted by atomic mass is 35.5. The lowest BCUT2D eigenvalue weighted by Crippen LogP contribution is -2.33. The summed E-state index contributed by atoms with van der Waals surface area (Å²) in [5.74, 6) is 6.43. The molecule has 1 aromatic rings. The van der Waals surface area contributed by atoms with E-state index in [-0.39, 0.29) is 0 Å². The van der Waals surface area contributed by atoms with Gasteiger partial charge in [0.05, 0.1) is 6.04 Å². The van der Waals surface area contributed by atoms with Crippen LogP contribution in [0.4, 0.5) is 0 Å². The normalized spacial score (nSPS) is 17.8. The fourth-order valence-corrected chi connectivity index (χ4v) is 2.49. The number of rotatable bonds is 3. The monoisotopic (exact) mass is 265 g/mol. The van der Waals surface area contributed by atoms with Crippen LogP contribution in [-0.2, 0) is 6.42 Å². The molecule has 0 saturated heterocycles. The summed E-state index contributed by atoms with van der Waals surface area (Å²) in [6.45, 7) is 0. The van der Waals surface area contributed by atoms with Crippen molar-refractivity contribution in [1.29, 1.82) is 0 Å². The fraction of sp³-hybridized carbons (Fsp3) is 0.500. The Morgan fingerprint density at radius 3 is 2.50 bits per heavy atom. The Morgan fingerprint density at radius 1 is 1.22 bits per heavy atom. The molecule has 1 aromatic carbocycles. The first-order chi connectivity index (χ1) is 8.78. The minimum Gasteiger partial charge on any atom is -0.312 e. The lowest BCUT2D eigenvalue weighted by molar-refractivity contribution is 0.442. The minimum absolute atomic E-state index is 0.442. The zero-order valence-electron chi connectivity index (χ0n) is 10.5. The largest absolute Gasteiger partial charge is 0.312 e. The van der Waals surface area contributed by atoms with Crippen LogP contribution in [0.5, 0.6) is 0 Å². The summed E-state index contributed by atoms with van der Waals surface area (Å²) in [6, 6.07) is 8.25. The van der Waals surface area contributed by atoms with Crippen LogP contribution >= 0.6 is 11.6 Å². The van der Waals surface area contributed by atoms with E-state index in [1.807, 2.05) is 24.3 Å². The second-order valence-electron chi connectivity index (χ2n) is 4.82. The van der Waals surface area contributed by atoms with Crippen LogP contribution in [0.2, 0.25) is 5.02 Å². The Balaban J connectivity index is 1.99. The topological polar surface area (TPSA) is 50.4 Å². The summed E-state index contributed by atoms with van der Waals surface area (Å²) in [7, 11) is 0. The number of benzene rings is 1. The Hall–Kier alpha value is -1.06. The Labute approximate surface area is 113 Å². The van der Waals surface area contributed by atoms with Crippen LogP contribution in [0, 0.1) is 0 Å². The van der Waals surface area contributed by atoms with Gasteiger partial charge in [-0.2, -0.15) is 0 Å². The number of hydrogen-bond donors (Lipinski definition) is 2. The van der Waals surface area contributed by atoms with Gasteiger partial charge in [-0.25, -0.2) is 5.84 Å². The van der Waals surface area contributed by atoms with Gasteiger partial charge >= 0.3 is 0 Å². The number of nitrogens with one attached hydrogen (secondary N) is 1. The smallest absolute Gasteiger partial charge is 0.115 e. The fourth-order valence-electron chi connectivity index (χ4n) is 2.36. The molecule has 0 unspecified atom stereocenters. The molecule has 2 rings (SSSR count). The average Bonchev–Trinajstić information content (AvgIpc) is 2.41. The SMILES string of the molecule is NNC(Cc1ccc(Cl)cc1)=NC1CCCCC1. The van der Waals surface area contributed by atoms with E-state index in [1.165, 1.54) is 37.7 Å². The highest BCUT2D eigenvalue weighted by molar-refractivity contribution is 6.30. The molecular formula is C14H20ClN3. The minimum atomic E-state index is 0.442. The van der Waals surface area contributed by atoms with Gasteiger partial charge in [0.2, 0.25) is 0 Å². The number of halogens is 1. The van der Waals surface area contributed by atoms with Gasteiger partial charge in [-0.05, 0) is 30.5 Å². The van der Waals surface area contributed by atoms with Crippen molar-refractivity contribution in [1.82, 2.24) is 5.43 Å². The van der Waals surface area contributed by atoms with E-state index < -0.39 is 0 Å². The van der Waals surface area contributed by atoms with Crippen molar-refractivity contribution in [2.45, 2.75) is 44.6 Å². The van der Waals surface area contributed by atoms with Gasteiger partial charge in [0.25, 0.3) is 0 Å². The molecule has 3 nitrogen and oxygen atoms in total. The van der Waals surface area contributed by atoms with Gasteiger partial charge in [0, 0.05) is 11.4 Å². The molecule has 0 heterocycles. The molecule has 0 atom stereocenters. The third-order valence-corrected chi connectivity index (χ3v) is 3.62. The van der Waals surface area contributed by atoms with Crippen molar-refractivity contribution in [3.05, 3.63) is 34.9 Å². The summed E-state index contributed by atoms with van der Waals surface area (Å²) < 4.78 is 0. The van der Waals surface area contributed by atoms with E-state index >= 15 is 0 Å². The third kappa shape index (κ3) is 4.00. The number of amidine groups is 1. The molecular weight excluding hydrogens is 246 g/mol. The number of hydrazine groups is 1. The van der Waals surface area contributed by atoms with Crippen molar-refractivity contribution >= 4 is 17.4 Å². The summed E-state index contributed by atoms with van der Waals surface area (Å²) in [5.41, 5.74) is 3.90. The molecule has 1 fully saturated rings. The predicted octanol–water partition coefficient (Wildman–Crippen LogP) is 3.08. The first-order valence-corrected chi connectivity index (χ1v) is 6.93. The lowest BCUT2D eigenvalue weighted by atomic mass is 9.96. The van der Waals surface area contributed by atoms with E-state index in [0.717, 1.165) is 17.3 Å². The summed E-state index contributed by atoms with van der Waals surface area (Å²) in [6.07, 6.45) is 7.02. The number of nitrogens with zero attached hydrogens (tertiary/aromatic N) is 1. The zero-order chi connectivity index (χ0) is 12.8. The van der Waals surface area contributed by atoms with Gasteiger partial charge in [-0.3, -0.25) is 4.99 Å². The molecule has 3 N–H and O–H groups in total. The summed E-state index contributed by atoms with van der Waals surface area (Å²) in [5, 5.41) is 0.755. The van der Waals surface area contributed by atoms with Crippen LogP contribution < -0.4 is 11.3 Å². The third-order valence-electron chi connectivity index (χ3n) is 3.36. The van der Waals surface area contributed by atoms with Crippen LogP contribution in [0.3, 0.4) is 0 Å². The van der Waals surface area contributed by atoms with Gasteiger partial charge < -0.3 is 5.43 Å². The maximum absolute atomic E-state index is 5.87. The second-order valence-corrected chi connectivity index (χ2v) is 5.25. The molecule has 0 spiro atoms. The van der Waals surface area contributed by atoms with E-state index in [9.17, 15) is 0 Å². The molecule has 1 aliphatic rings. The first-order valence-electron chi connectivity index (χ1n) is 6.55. The van der Waals surface area contributed by atoms with E-state index in [4.69, 9.17) is 22.4 Å². The second kappa shape index (κ2) is 6.76. The summed E-state index contributed by atoms with van der Waals surface area (Å²) >= 11 is 5.87. The number of hydrogen-bond acceptors (Lipinski definition) is 2. The maximum Gasteiger partial charge on any atom is 0.115 e. The quantitative estimate of drug-likeness (QED) is 0.382. The molecule has 4 heteroatoms. The molecule has 98 valence electrons. The Kier molecular flexibility index (Phi) is 5.02. The van der Waals surface area contributed by atoms with Crippen LogP contribution in [0.15, 0.2) is 29.3 Å². The molecule has 0 bridgehead atoms.